The van der Waals surface area contributed by atoms with E-state index in [1.54, 1.807) is 0 Å². The Kier molecular flexibility index (Phi) is 5.48. The van der Waals surface area contributed by atoms with Crippen molar-refractivity contribution >= 4 is 34.5 Å². The number of rotatable bonds is 6. The predicted molar refractivity (Wildman–Crippen MR) is 84.3 cm³/mol. The Hall–Kier alpha value is -1.96. The van der Waals surface area contributed by atoms with Gasteiger partial charge in [0.25, 0.3) is 11.6 Å². The fourth-order valence-electron chi connectivity index (χ4n) is 1.84. The first-order valence-corrected chi connectivity index (χ1v) is 7.68. The van der Waals surface area contributed by atoms with Crippen molar-refractivity contribution in [2.24, 2.45) is 0 Å². The number of aliphatic hydroxyl groups excluding tert-OH is 1. The summed E-state index contributed by atoms with van der Waals surface area (Å²) in [7, 11) is 0. The summed E-state index contributed by atoms with van der Waals surface area (Å²) in [5.74, 6) is -0.446. The van der Waals surface area contributed by atoms with E-state index in [1.807, 2.05) is 17.5 Å². The van der Waals surface area contributed by atoms with Crippen molar-refractivity contribution in [2.75, 3.05) is 6.54 Å². The van der Waals surface area contributed by atoms with Crippen LogP contribution in [0.5, 0.6) is 0 Å². The molecule has 2 rings (SSSR count). The normalized spacial score (nSPS) is 11.9. The smallest absolute Gasteiger partial charge is 0.288 e. The van der Waals surface area contributed by atoms with Gasteiger partial charge in [0.1, 0.15) is 5.02 Å². The number of aliphatic hydroxyl groups is 1. The SMILES string of the molecule is O=C(NCCC(O)c1cccs1)c1ccc(Cl)c([N+](=O)[O-])c1. The zero-order chi connectivity index (χ0) is 16.1. The molecule has 0 aliphatic rings. The van der Waals surface area contributed by atoms with Crippen molar-refractivity contribution in [3.8, 4) is 0 Å². The number of nitrogens with zero attached hydrogens (tertiary/aromatic N) is 1. The standard InChI is InChI=1S/C14H13ClN2O4S/c15-10-4-3-9(8-11(10)17(20)21)14(19)16-6-5-12(18)13-2-1-7-22-13/h1-4,7-8,12,18H,5-6H2,(H,16,19). The lowest BCUT2D eigenvalue weighted by Crippen LogP contribution is -2.25. The summed E-state index contributed by atoms with van der Waals surface area (Å²) in [4.78, 5) is 22.9. The lowest BCUT2D eigenvalue weighted by Gasteiger charge is -2.09. The molecule has 0 saturated heterocycles. The quantitative estimate of drug-likeness (QED) is 0.624. The molecule has 6 nitrogen and oxygen atoms in total. The highest BCUT2D eigenvalue weighted by Gasteiger charge is 2.16. The molecule has 0 saturated carbocycles. The number of halogens is 1. The van der Waals surface area contributed by atoms with Gasteiger partial charge in [-0.25, -0.2) is 0 Å². The number of hydrogen-bond donors (Lipinski definition) is 2. The van der Waals surface area contributed by atoms with Crippen LogP contribution in [0.2, 0.25) is 5.02 Å². The molecule has 1 aromatic carbocycles. The van der Waals surface area contributed by atoms with Gasteiger partial charge in [0, 0.05) is 23.1 Å². The van der Waals surface area contributed by atoms with Gasteiger partial charge < -0.3 is 10.4 Å². The highest BCUT2D eigenvalue weighted by molar-refractivity contribution is 7.10. The van der Waals surface area contributed by atoms with E-state index in [2.05, 4.69) is 5.32 Å². The average molecular weight is 341 g/mol. The van der Waals surface area contributed by atoms with Gasteiger partial charge in [-0.15, -0.1) is 11.3 Å². The summed E-state index contributed by atoms with van der Waals surface area (Å²) in [6, 6.07) is 7.52. The predicted octanol–water partition coefficient (Wildman–Crippen LogP) is 3.16. The number of nitrogens with one attached hydrogen (secondary N) is 1. The Morgan fingerprint density at radius 3 is 2.86 bits per heavy atom. The molecular weight excluding hydrogens is 328 g/mol. The van der Waals surface area contributed by atoms with Crippen molar-refractivity contribution in [1.82, 2.24) is 5.32 Å². The van der Waals surface area contributed by atoms with Gasteiger partial charge >= 0.3 is 0 Å². The van der Waals surface area contributed by atoms with Crippen molar-refractivity contribution < 1.29 is 14.8 Å². The summed E-state index contributed by atoms with van der Waals surface area (Å²) in [5.41, 5.74) is -0.158. The first-order chi connectivity index (χ1) is 10.5. The third-order valence-corrected chi connectivity index (χ3v) is 4.27. The molecule has 0 fully saturated rings. The lowest BCUT2D eigenvalue weighted by molar-refractivity contribution is -0.384. The van der Waals surface area contributed by atoms with Gasteiger partial charge in [-0.2, -0.15) is 0 Å². The number of nitro benzene ring substituents is 1. The van der Waals surface area contributed by atoms with Crippen LogP contribution in [0.25, 0.3) is 0 Å². The molecule has 0 aliphatic carbocycles. The van der Waals surface area contributed by atoms with Crippen molar-refractivity contribution in [2.45, 2.75) is 12.5 Å². The molecule has 1 heterocycles. The van der Waals surface area contributed by atoms with Gasteiger partial charge in [0.2, 0.25) is 0 Å². The second-order valence-corrected chi connectivity index (χ2v) is 5.89. The molecule has 1 unspecified atom stereocenters. The molecule has 2 aromatic rings. The zero-order valence-corrected chi connectivity index (χ0v) is 12.9. The highest BCUT2D eigenvalue weighted by atomic mass is 35.5. The van der Waals surface area contributed by atoms with Crippen molar-refractivity contribution in [3.63, 3.8) is 0 Å². The number of hydrogen-bond acceptors (Lipinski definition) is 5. The minimum atomic E-state index is -0.639. The van der Waals surface area contributed by atoms with E-state index in [0.29, 0.717) is 6.42 Å². The molecule has 0 aliphatic heterocycles. The largest absolute Gasteiger partial charge is 0.388 e. The summed E-state index contributed by atoms with van der Waals surface area (Å²) < 4.78 is 0. The van der Waals surface area contributed by atoms with E-state index < -0.39 is 16.9 Å². The maximum Gasteiger partial charge on any atom is 0.288 e. The molecule has 116 valence electrons. The third kappa shape index (κ3) is 4.03. The number of nitro groups is 1. The van der Waals surface area contributed by atoms with E-state index in [9.17, 15) is 20.0 Å². The molecule has 8 heteroatoms. The first kappa shape index (κ1) is 16.4. The lowest BCUT2D eigenvalue weighted by atomic mass is 10.1. The van der Waals surface area contributed by atoms with Crippen LogP contribution in [0, 0.1) is 10.1 Å². The molecule has 1 amide bonds. The van der Waals surface area contributed by atoms with Crippen LogP contribution in [-0.4, -0.2) is 22.5 Å². The molecule has 22 heavy (non-hydrogen) atoms. The van der Waals surface area contributed by atoms with Crippen LogP contribution in [-0.2, 0) is 0 Å². The van der Waals surface area contributed by atoms with E-state index in [0.717, 1.165) is 10.9 Å². The minimum Gasteiger partial charge on any atom is -0.388 e. The van der Waals surface area contributed by atoms with Crippen LogP contribution in [0.3, 0.4) is 0 Å². The Labute approximate surface area is 135 Å². The van der Waals surface area contributed by atoms with Crippen LogP contribution in [0.15, 0.2) is 35.7 Å². The Bertz CT molecular complexity index is 675. The Morgan fingerprint density at radius 1 is 1.45 bits per heavy atom. The molecular formula is C14H13ClN2O4S. The van der Waals surface area contributed by atoms with E-state index in [1.165, 1.54) is 23.5 Å². The van der Waals surface area contributed by atoms with Crippen molar-refractivity contribution in [1.29, 1.82) is 0 Å². The highest BCUT2D eigenvalue weighted by Crippen LogP contribution is 2.25. The number of benzene rings is 1. The van der Waals surface area contributed by atoms with Gasteiger partial charge in [-0.3, -0.25) is 14.9 Å². The molecule has 1 atom stereocenters. The number of thiophene rings is 1. The molecule has 0 radical (unpaired) electrons. The molecule has 1 aromatic heterocycles. The topological polar surface area (TPSA) is 92.5 Å². The monoisotopic (exact) mass is 340 g/mol. The minimum absolute atomic E-state index is 0.0188. The average Bonchev–Trinajstić information content (AvgIpc) is 3.01. The third-order valence-electron chi connectivity index (χ3n) is 2.98. The van der Waals surface area contributed by atoms with Crippen LogP contribution in [0.1, 0.15) is 27.8 Å². The van der Waals surface area contributed by atoms with Gasteiger partial charge in [-0.05, 0) is 30.0 Å². The Balaban J connectivity index is 1.92. The summed E-state index contributed by atoms with van der Waals surface area (Å²) in [6.45, 7) is 0.258. The second-order valence-electron chi connectivity index (χ2n) is 4.50. The maximum atomic E-state index is 11.9. The molecule has 0 spiro atoms. The first-order valence-electron chi connectivity index (χ1n) is 6.42. The second kappa shape index (κ2) is 7.35. The number of amides is 1. The summed E-state index contributed by atoms with van der Waals surface area (Å²) in [5, 5.41) is 25.2. The number of carbonyl (C=O) groups is 1. The zero-order valence-electron chi connectivity index (χ0n) is 11.4. The maximum absolute atomic E-state index is 11.9. The summed E-state index contributed by atoms with van der Waals surface area (Å²) in [6.07, 6.45) is -0.276. The van der Waals surface area contributed by atoms with E-state index >= 15 is 0 Å². The van der Waals surface area contributed by atoms with Crippen molar-refractivity contribution in [3.05, 3.63) is 61.3 Å². The van der Waals surface area contributed by atoms with E-state index in [-0.39, 0.29) is 22.8 Å². The van der Waals surface area contributed by atoms with Crippen LogP contribution >= 0.6 is 22.9 Å². The fraction of sp³-hybridized carbons (Fsp3) is 0.214. The summed E-state index contributed by atoms with van der Waals surface area (Å²) >= 11 is 7.13. The van der Waals surface area contributed by atoms with Gasteiger partial charge in [0.15, 0.2) is 0 Å². The fourth-order valence-corrected chi connectivity index (χ4v) is 2.77. The van der Waals surface area contributed by atoms with Crippen LogP contribution in [0.4, 0.5) is 5.69 Å². The van der Waals surface area contributed by atoms with E-state index in [4.69, 9.17) is 11.6 Å². The number of carbonyl (C=O) groups excluding carboxylic acids is 1. The van der Waals surface area contributed by atoms with Gasteiger partial charge in [0.05, 0.1) is 11.0 Å². The van der Waals surface area contributed by atoms with Crippen LogP contribution < -0.4 is 5.32 Å². The molecule has 2 N–H and O–H groups in total. The Morgan fingerprint density at radius 2 is 2.23 bits per heavy atom. The van der Waals surface area contributed by atoms with Gasteiger partial charge in [-0.1, -0.05) is 17.7 Å². The molecule has 0 bridgehead atoms.